The summed E-state index contributed by atoms with van der Waals surface area (Å²) >= 11 is 0. The normalized spacial score (nSPS) is 14.0. The van der Waals surface area contributed by atoms with Gasteiger partial charge in [-0.2, -0.15) is 0 Å². The van der Waals surface area contributed by atoms with Gasteiger partial charge in [0.2, 0.25) is 5.78 Å². The number of hydrogen-bond donors (Lipinski definition) is 0. The molecule has 0 aromatic heterocycles. The smallest absolute Gasteiger partial charge is 0.374 e. The average Bonchev–Trinajstić information content (AvgIpc) is 2.71. The topological polar surface area (TPSA) is 60.4 Å². The lowest BCUT2D eigenvalue weighted by molar-refractivity contribution is -0.154. The van der Waals surface area contributed by atoms with Crippen molar-refractivity contribution in [3.05, 3.63) is 59.2 Å². The molecule has 0 saturated heterocycles. The Morgan fingerprint density at radius 3 is 2.21 bits per heavy atom. The average molecular weight is 397 g/mol. The molecule has 1 aromatic rings. The molecule has 0 atom stereocenters. The van der Waals surface area contributed by atoms with Crippen molar-refractivity contribution in [2.75, 3.05) is 0 Å². The number of carbonyl (C=O) groups is 3. The standard InChI is InChI=1S/C25H32O4/c1-25(2,3)21-16-14-20(15-17-21)22(26)12-8-5-9-13-23(27)24(28)29-18-19-10-6-4-7-11-19/h4,6-7,10-11,14,16H,5,8-9,12-13,15,17-18H2,1-3H3. The fourth-order valence-electron chi connectivity index (χ4n) is 3.31. The monoisotopic (exact) mass is 396 g/mol. The lowest BCUT2D eigenvalue weighted by atomic mass is 9.80. The highest BCUT2D eigenvalue weighted by atomic mass is 16.5. The number of benzene rings is 1. The van der Waals surface area contributed by atoms with E-state index in [-0.39, 0.29) is 24.2 Å². The van der Waals surface area contributed by atoms with Gasteiger partial charge in [-0.1, -0.05) is 75.2 Å². The van der Waals surface area contributed by atoms with Gasteiger partial charge in [-0.15, -0.1) is 0 Å². The quantitative estimate of drug-likeness (QED) is 0.297. The molecule has 1 aliphatic carbocycles. The number of unbranched alkanes of at least 4 members (excludes halogenated alkanes) is 2. The molecule has 0 radical (unpaired) electrons. The molecule has 156 valence electrons. The van der Waals surface area contributed by atoms with Crippen LogP contribution in [0.5, 0.6) is 0 Å². The first kappa shape index (κ1) is 22.8. The first-order chi connectivity index (χ1) is 13.8. The largest absolute Gasteiger partial charge is 0.455 e. The van der Waals surface area contributed by atoms with Crippen LogP contribution in [0.4, 0.5) is 0 Å². The van der Waals surface area contributed by atoms with E-state index in [1.807, 2.05) is 36.4 Å². The van der Waals surface area contributed by atoms with E-state index in [0.29, 0.717) is 12.8 Å². The van der Waals surface area contributed by atoms with Gasteiger partial charge in [0.25, 0.3) is 0 Å². The Labute approximate surface area is 174 Å². The molecule has 2 rings (SSSR count). The molecule has 0 fully saturated rings. The maximum Gasteiger partial charge on any atom is 0.374 e. The van der Waals surface area contributed by atoms with Crippen molar-refractivity contribution in [1.82, 2.24) is 0 Å². The summed E-state index contributed by atoms with van der Waals surface area (Å²) in [5.41, 5.74) is 3.29. The molecule has 29 heavy (non-hydrogen) atoms. The number of ether oxygens (including phenoxy) is 1. The van der Waals surface area contributed by atoms with Crippen LogP contribution in [0.2, 0.25) is 0 Å². The zero-order valence-electron chi connectivity index (χ0n) is 17.8. The molecule has 4 heteroatoms. The molecule has 0 aliphatic heterocycles. The number of esters is 1. The van der Waals surface area contributed by atoms with Crippen LogP contribution in [0.25, 0.3) is 0 Å². The third-order valence-corrected chi connectivity index (χ3v) is 5.22. The van der Waals surface area contributed by atoms with Gasteiger partial charge in [-0.25, -0.2) is 4.79 Å². The molecule has 0 amide bonds. The second-order valence-electron chi connectivity index (χ2n) is 8.60. The number of rotatable bonds is 10. The van der Waals surface area contributed by atoms with Gasteiger partial charge in [0, 0.05) is 12.8 Å². The Bertz CT molecular complexity index is 779. The van der Waals surface area contributed by atoms with Crippen molar-refractivity contribution in [1.29, 1.82) is 0 Å². The molecule has 0 saturated carbocycles. The molecule has 1 aromatic carbocycles. The lowest BCUT2D eigenvalue weighted by Crippen LogP contribution is -2.17. The van der Waals surface area contributed by atoms with Crippen molar-refractivity contribution in [3.8, 4) is 0 Å². The van der Waals surface area contributed by atoms with Gasteiger partial charge in [-0.3, -0.25) is 9.59 Å². The first-order valence-electron chi connectivity index (χ1n) is 10.4. The van der Waals surface area contributed by atoms with E-state index < -0.39 is 11.8 Å². The minimum atomic E-state index is -0.779. The second-order valence-corrected chi connectivity index (χ2v) is 8.60. The van der Waals surface area contributed by atoms with E-state index in [1.54, 1.807) is 0 Å². The molecule has 4 nitrogen and oxygen atoms in total. The van der Waals surface area contributed by atoms with Crippen LogP contribution in [-0.2, 0) is 25.7 Å². The third kappa shape index (κ3) is 7.80. The SMILES string of the molecule is CC(C)(C)C1=CC=C(C(=O)CCCCCC(=O)C(=O)OCc2ccccc2)CC1. The van der Waals surface area contributed by atoms with Crippen LogP contribution < -0.4 is 0 Å². The number of Topliss-reactive ketones (excluding diaryl/α,β-unsaturated/α-hetero) is 2. The predicted molar refractivity (Wildman–Crippen MR) is 114 cm³/mol. The highest BCUT2D eigenvalue weighted by Gasteiger charge is 2.21. The van der Waals surface area contributed by atoms with Crippen molar-refractivity contribution < 1.29 is 19.1 Å². The summed E-state index contributed by atoms with van der Waals surface area (Å²) in [6, 6.07) is 9.28. The Morgan fingerprint density at radius 2 is 1.59 bits per heavy atom. The van der Waals surface area contributed by atoms with Crippen molar-refractivity contribution in [2.45, 2.75) is 72.3 Å². The van der Waals surface area contributed by atoms with Crippen LogP contribution in [0, 0.1) is 5.41 Å². The summed E-state index contributed by atoms with van der Waals surface area (Å²) in [5.74, 6) is -1.08. The zero-order valence-corrected chi connectivity index (χ0v) is 17.8. The number of allylic oxidation sites excluding steroid dienone is 4. The number of hydrogen-bond acceptors (Lipinski definition) is 4. The zero-order chi connectivity index (χ0) is 21.3. The molecule has 0 heterocycles. The highest BCUT2D eigenvalue weighted by Crippen LogP contribution is 2.33. The van der Waals surface area contributed by atoms with Gasteiger partial charge in [0.15, 0.2) is 5.78 Å². The van der Waals surface area contributed by atoms with Crippen molar-refractivity contribution >= 4 is 17.5 Å². The summed E-state index contributed by atoms with van der Waals surface area (Å²) in [7, 11) is 0. The van der Waals surface area contributed by atoms with Gasteiger partial charge < -0.3 is 4.74 Å². The Kier molecular flexibility index (Phi) is 8.56. The summed E-state index contributed by atoms with van der Waals surface area (Å²) in [5, 5.41) is 0. The highest BCUT2D eigenvalue weighted by molar-refractivity contribution is 6.33. The minimum absolute atomic E-state index is 0.112. The Morgan fingerprint density at radius 1 is 0.897 bits per heavy atom. The van der Waals surface area contributed by atoms with E-state index in [2.05, 4.69) is 26.8 Å². The first-order valence-corrected chi connectivity index (χ1v) is 10.4. The van der Waals surface area contributed by atoms with Crippen LogP contribution in [0.15, 0.2) is 53.6 Å². The molecule has 0 bridgehead atoms. The number of carbonyl (C=O) groups excluding carboxylic acids is 3. The molecular weight excluding hydrogens is 364 g/mol. The summed E-state index contributed by atoms with van der Waals surface area (Å²) in [6.45, 7) is 6.69. The van der Waals surface area contributed by atoms with Crippen LogP contribution >= 0.6 is 0 Å². The summed E-state index contributed by atoms with van der Waals surface area (Å²) in [6.07, 6.45) is 8.57. The molecule has 1 aliphatic rings. The van der Waals surface area contributed by atoms with Crippen LogP contribution in [0.1, 0.15) is 71.3 Å². The van der Waals surface area contributed by atoms with Crippen LogP contribution in [0.3, 0.4) is 0 Å². The van der Waals surface area contributed by atoms with Gasteiger partial charge in [0.1, 0.15) is 6.61 Å². The Hall–Kier alpha value is -2.49. The van der Waals surface area contributed by atoms with Crippen LogP contribution in [-0.4, -0.2) is 17.5 Å². The molecular formula is C25H32O4. The summed E-state index contributed by atoms with van der Waals surface area (Å²) in [4.78, 5) is 36.0. The van der Waals surface area contributed by atoms with E-state index >= 15 is 0 Å². The molecule has 0 unspecified atom stereocenters. The summed E-state index contributed by atoms with van der Waals surface area (Å²) < 4.78 is 5.04. The van der Waals surface area contributed by atoms with E-state index in [0.717, 1.165) is 36.8 Å². The Balaban J connectivity index is 1.62. The van der Waals surface area contributed by atoms with Crippen molar-refractivity contribution in [3.63, 3.8) is 0 Å². The molecule has 0 spiro atoms. The van der Waals surface area contributed by atoms with E-state index in [1.165, 1.54) is 5.57 Å². The molecule has 0 N–H and O–H groups in total. The lowest BCUT2D eigenvalue weighted by Gasteiger charge is -2.25. The van der Waals surface area contributed by atoms with Gasteiger partial charge in [-0.05, 0) is 42.2 Å². The maximum absolute atomic E-state index is 12.3. The van der Waals surface area contributed by atoms with Gasteiger partial charge in [0.05, 0.1) is 0 Å². The third-order valence-electron chi connectivity index (χ3n) is 5.22. The van der Waals surface area contributed by atoms with E-state index in [4.69, 9.17) is 4.74 Å². The predicted octanol–water partition coefficient (Wildman–Crippen LogP) is 5.51. The second kappa shape index (κ2) is 10.9. The minimum Gasteiger partial charge on any atom is -0.455 e. The van der Waals surface area contributed by atoms with Crippen molar-refractivity contribution in [2.24, 2.45) is 5.41 Å². The number of ketones is 2. The van der Waals surface area contributed by atoms with Gasteiger partial charge >= 0.3 is 5.97 Å². The fourth-order valence-corrected chi connectivity index (χ4v) is 3.31. The maximum atomic E-state index is 12.3. The fraction of sp³-hybridized carbons (Fsp3) is 0.480. The van der Waals surface area contributed by atoms with E-state index in [9.17, 15) is 14.4 Å².